The molecule has 0 aromatic heterocycles. The number of hydrogen-bond acceptors (Lipinski definition) is 5. The van der Waals surface area contributed by atoms with Crippen LogP contribution in [-0.2, 0) is 22.6 Å². The van der Waals surface area contributed by atoms with Gasteiger partial charge in [-0.2, -0.15) is 0 Å². The van der Waals surface area contributed by atoms with E-state index in [-0.39, 0.29) is 0 Å². The third-order valence-electron chi connectivity index (χ3n) is 2.81. The molecule has 7 heteroatoms. The number of nitrogens with one attached hydrogen (secondary N) is 1. The number of aliphatic hydroxyl groups excluding tert-OH is 2. The van der Waals surface area contributed by atoms with Gasteiger partial charge >= 0.3 is 11.9 Å². The largest absolute Gasteiger partial charge is 0.479 e. The molecule has 2 atom stereocenters. The summed E-state index contributed by atoms with van der Waals surface area (Å²) in [5.41, 5.74) is 2.98. The zero-order chi connectivity index (χ0) is 15.1. The second kappa shape index (κ2) is 7.59. The summed E-state index contributed by atoms with van der Waals surface area (Å²) in [6.45, 7) is 2.19. The molecular weight excluding hydrogens is 266 g/mol. The first kappa shape index (κ1) is 16.1. The molecule has 7 nitrogen and oxygen atoms in total. The van der Waals surface area contributed by atoms with Gasteiger partial charge in [0, 0.05) is 6.54 Å². The van der Waals surface area contributed by atoms with Crippen LogP contribution in [-0.4, -0.2) is 51.1 Å². The van der Waals surface area contributed by atoms with Gasteiger partial charge in [-0.25, -0.2) is 9.59 Å². The van der Waals surface area contributed by atoms with E-state index in [1.165, 1.54) is 17.5 Å². The molecule has 0 saturated carbocycles. The number of carboxylic acid groups (broad SMARTS) is 2. The van der Waals surface area contributed by atoms with Gasteiger partial charge in [0.15, 0.2) is 12.2 Å². The second-order valence-corrected chi connectivity index (χ2v) is 4.26. The summed E-state index contributed by atoms with van der Waals surface area (Å²) >= 11 is 0. The Labute approximate surface area is 115 Å². The molecule has 2 rings (SSSR count). The fourth-order valence-corrected chi connectivity index (χ4v) is 1.69. The molecular formula is C13H17NO6. The summed E-state index contributed by atoms with van der Waals surface area (Å²) in [5, 5.41) is 35.9. The zero-order valence-electron chi connectivity index (χ0n) is 10.7. The molecule has 0 aliphatic carbocycles. The lowest BCUT2D eigenvalue weighted by molar-refractivity contribution is -0.165. The number of benzene rings is 1. The molecule has 1 aromatic rings. The molecule has 110 valence electrons. The molecule has 0 amide bonds. The topological polar surface area (TPSA) is 127 Å². The third-order valence-corrected chi connectivity index (χ3v) is 2.81. The average Bonchev–Trinajstić information content (AvgIpc) is 2.46. The number of carbonyl (C=O) groups is 2. The number of aliphatic hydroxyl groups is 2. The van der Waals surface area contributed by atoms with Crippen LogP contribution in [0.5, 0.6) is 0 Å². The lowest BCUT2D eigenvalue weighted by atomic mass is 10.0. The molecule has 1 aromatic carbocycles. The van der Waals surface area contributed by atoms with E-state index in [1.54, 1.807) is 0 Å². The van der Waals surface area contributed by atoms with Gasteiger partial charge in [0.1, 0.15) is 0 Å². The monoisotopic (exact) mass is 283 g/mol. The summed E-state index contributed by atoms with van der Waals surface area (Å²) in [4.78, 5) is 19.5. The minimum atomic E-state index is -2.27. The molecule has 1 aliphatic heterocycles. The molecule has 1 heterocycles. The highest BCUT2D eigenvalue weighted by atomic mass is 16.4. The van der Waals surface area contributed by atoms with E-state index in [4.69, 9.17) is 20.4 Å². The Morgan fingerprint density at radius 2 is 1.50 bits per heavy atom. The van der Waals surface area contributed by atoms with Gasteiger partial charge in [0.2, 0.25) is 0 Å². The first-order chi connectivity index (χ1) is 9.43. The van der Waals surface area contributed by atoms with E-state index in [0.29, 0.717) is 0 Å². The SMILES string of the molecule is O=C(O)C(O)C(O)C(=O)O.c1ccc2c(c1)CCNC2. The van der Waals surface area contributed by atoms with Crippen LogP contribution >= 0.6 is 0 Å². The van der Waals surface area contributed by atoms with Crippen molar-refractivity contribution in [2.24, 2.45) is 0 Å². The number of rotatable bonds is 3. The van der Waals surface area contributed by atoms with Crippen molar-refractivity contribution in [3.05, 3.63) is 35.4 Å². The van der Waals surface area contributed by atoms with Gasteiger partial charge in [-0.15, -0.1) is 0 Å². The fourth-order valence-electron chi connectivity index (χ4n) is 1.69. The molecule has 0 spiro atoms. The fraction of sp³-hybridized carbons (Fsp3) is 0.385. The van der Waals surface area contributed by atoms with Crippen molar-refractivity contribution >= 4 is 11.9 Å². The molecule has 2 unspecified atom stereocenters. The number of hydrogen-bond donors (Lipinski definition) is 5. The van der Waals surface area contributed by atoms with Crippen molar-refractivity contribution < 1.29 is 30.0 Å². The molecule has 20 heavy (non-hydrogen) atoms. The van der Waals surface area contributed by atoms with Gasteiger partial charge in [-0.3, -0.25) is 0 Å². The maximum absolute atomic E-state index is 9.77. The minimum Gasteiger partial charge on any atom is -0.479 e. The first-order valence-corrected chi connectivity index (χ1v) is 6.02. The first-order valence-electron chi connectivity index (χ1n) is 6.02. The van der Waals surface area contributed by atoms with Gasteiger partial charge in [0.25, 0.3) is 0 Å². The predicted molar refractivity (Wildman–Crippen MR) is 69.1 cm³/mol. The lowest BCUT2D eigenvalue weighted by Crippen LogP contribution is -2.39. The quantitative estimate of drug-likeness (QED) is 0.492. The Morgan fingerprint density at radius 1 is 1.00 bits per heavy atom. The summed E-state index contributed by atoms with van der Waals surface area (Å²) < 4.78 is 0. The molecule has 0 fully saturated rings. The predicted octanol–water partition coefficient (Wildman–Crippen LogP) is -0.790. The summed E-state index contributed by atoms with van der Waals surface area (Å²) in [6.07, 6.45) is -3.34. The van der Waals surface area contributed by atoms with Crippen molar-refractivity contribution in [3.8, 4) is 0 Å². The van der Waals surface area contributed by atoms with Gasteiger partial charge in [-0.05, 0) is 24.1 Å². The van der Waals surface area contributed by atoms with Crippen LogP contribution in [0.3, 0.4) is 0 Å². The van der Waals surface area contributed by atoms with Crippen LogP contribution in [0.15, 0.2) is 24.3 Å². The molecule has 0 radical (unpaired) electrons. The van der Waals surface area contributed by atoms with E-state index in [9.17, 15) is 9.59 Å². The summed E-state index contributed by atoms with van der Waals surface area (Å²) in [6, 6.07) is 8.63. The van der Waals surface area contributed by atoms with Crippen LogP contribution in [0.1, 0.15) is 11.1 Å². The number of carboxylic acids is 2. The van der Waals surface area contributed by atoms with Crippen LogP contribution in [0.4, 0.5) is 0 Å². The van der Waals surface area contributed by atoms with Gasteiger partial charge in [-0.1, -0.05) is 24.3 Å². The normalized spacial score (nSPS) is 16.1. The smallest absolute Gasteiger partial charge is 0.335 e. The minimum absolute atomic E-state index is 1.05. The Hall–Kier alpha value is -1.96. The Morgan fingerprint density at radius 3 is 1.95 bits per heavy atom. The molecule has 5 N–H and O–H groups in total. The van der Waals surface area contributed by atoms with Crippen molar-refractivity contribution in [1.82, 2.24) is 5.32 Å². The van der Waals surface area contributed by atoms with Crippen molar-refractivity contribution in [3.63, 3.8) is 0 Å². The highest BCUT2D eigenvalue weighted by molar-refractivity contribution is 5.83. The van der Waals surface area contributed by atoms with Crippen LogP contribution in [0.2, 0.25) is 0 Å². The Balaban J connectivity index is 0.000000200. The van der Waals surface area contributed by atoms with Crippen LogP contribution in [0, 0.1) is 0 Å². The Bertz CT molecular complexity index is 433. The van der Waals surface area contributed by atoms with Gasteiger partial charge in [0.05, 0.1) is 0 Å². The summed E-state index contributed by atoms with van der Waals surface area (Å²) in [7, 11) is 0. The molecule has 0 bridgehead atoms. The van der Waals surface area contributed by atoms with Crippen molar-refractivity contribution in [2.75, 3.05) is 6.54 Å². The van der Waals surface area contributed by atoms with Crippen LogP contribution < -0.4 is 5.32 Å². The number of aliphatic carboxylic acids is 2. The maximum Gasteiger partial charge on any atom is 0.335 e. The molecule has 1 aliphatic rings. The zero-order valence-corrected chi connectivity index (χ0v) is 10.7. The third kappa shape index (κ3) is 4.61. The maximum atomic E-state index is 9.77. The van der Waals surface area contributed by atoms with Crippen molar-refractivity contribution in [2.45, 2.75) is 25.2 Å². The lowest BCUT2D eigenvalue weighted by Gasteiger charge is -2.15. The van der Waals surface area contributed by atoms with E-state index in [0.717, 1.165) is 13.1 Å². The van der Waals surface area contributed by atoms with E-state index in [1.807, 2.05) is 0 Å². The standard InChI is InChI=1S/C9H11N.C4H6O6/c1-2-4-9-7-10-6-5-8(9)3-1;5-1(3(7)8)2(6)4(9)10/h1-4,10H,5-7H2;1-2,5-6H,(H,7,8)(H,9,10). The Kier molecular flexibility index (Phi) is 6.10. The second-order valence-electron chi connectivity index (χ2n) is 4.26. The summed E-state index contributed by atoms with van der Waals surface area (Å²) in [5.74, 6) is -3.54. The highest BCUT2D eigenvalue weighted by Gasteiger charge is 2.29. The number of fused-ring (bicyclic) bond motifs is 1. The van der Waals surface area contributed by atoms with Crippen LogP contribution in [0.25, 0.3) is 0 Å². The van der Waals surface area contributed by atoms with Gasteiger partial charge < -0.3 is 25.7 Å². The van der Waals surface area contributed by atoms with E-state index in [2.05, 4.69) is 29.6 Å². The molecule has 0 saturated heterocycles. The van der Waals surface area contributed by atoms with Crippen molar-refractivity contribution in [1.29, 1.82) is 0 Å². The average molecular weight is 283 g/mol. The highest BCUT2D eigenvalue weighted by Crippen LogP contribution is 2.11. The van der Waals surface area contributed by atoms with E-state index >= 15 is 0 Å². The van der Waals surface area contributed by atoms with E-state index < -0.39 is 24.1 Å².